The van der Waals surface area contributed by atoms with E-state index >= 15 is 0 Å². The van der Waals surface area contributed by atoms with Crippen molar-refractivity contribution in [1.29, 1.82) is 0 Å². The van der Waals surface area contributed by atoms with Crippen molar-refractivity contribution in [1.82, 2.24) is 0 Å². The molecule has 0 fully saturated rings. The summed E-state index contributed by atoms with van der Waals surface area (Å²) in [6.07, 6.45) is 0.0777. The normalized spacial score (nSPS) is 19.0. The maximum absolute atomic E-state index is 10.5. The lowest BCUT2D eigenvalue weighted by atomic mass is 10.1. The number of para-hydroxylation sites is 2. The lowest BCUT2D eigenvalue weighted by Gasteiger charge is -2.26. The van der Waals surface area contributed by atoms with Crippen molar-refractivity contribution < 1.29 is 14.6 Å². The number of hydrogen-bond donors (Lipinski definition) is 2. The predicted octanol–water partition coefficient (Wildman–Crippen LogP) is 1.33. The van der Waals surface area contributed by atoms with Gasteiger partial charge in [-0.15, -0.1) is 0 Å². The van der Waals surface area contributed by atoms with E-state index in [1.165, 1.54) is 0 Å². The first-order chi connectivity index (χ1) is 6.75. The van der Waals surface area contributed by atoms with Crippen LogP contribution in [0.25, 0.3) is 0 Å². The van der Waals surface area contributed by atoms with E-state index < -0.39 is 5.97 Å². The summed E-state index contributed by atoms with van der Waals surface area (Å²) in [4.78, 5) is 10.5. The highest BCUT2D eigenvalue weighted by atomic mass is 16.5. The van der Waals surface area contributed by atoms with E-state index in [9.17, 15) is 4.79 Å². The molecule has 1 atom stereocenters. The molecule has 1 aliphatic heterocycles. The molecule has 4 heteroatoms. The van der Waals surface area contributed by atoms with Crippen LogP contribution in [0.2, 0.25) is 0 Å². The van der Waals surface area contributed by atoms with Crippen LogP contribution in [-0.2, 0) is 4.79 Å². The van der Waals surface area contributed by atoms with E-state index in [2.05, 4.69) is 5.32 Å². The molecule has 1 heterocycles. The minimum absolute atomic E-state index is 0.0777. The van der Waals surface area contributed by atoms with Crippen molar-refractivity contribution in [3.63, 3.8) is 0 Å². The van der Waals surface area contributed by atoms with Crippen LogP contribution in [0.4, 0.5) is 5.69 Å². The number of carboxylic acid groups (broad SMARTS) is 1. The molecule has 1 unspecified atom stereocenters. The fraction of sp³-hybridized carbons (Fsp3) is 0.300. The van der Waals surface area contributed by atoms with E-state index in [-0.39, 0.29) is 12.5 Å². The molecule has 1 aromatic rings. The SMILES string of the molecule is O=C(O)CC1COc2ccccc2N1. The maximum Gasteiger partial charge on any atom is 0.305 e. The number of fused-ring (bicyclic) bond motifs is 1. The Balaban J connectivity index is 2.09. The van der Waals surface area contributed by atoms with Gasteiger partial charge in [0.15, 0.2) is 0 Å². The number of carboxylic acids is 1. The molecule has 14 heavy (non-hydrogen) atoms. The molecule has 1 aliphatic rings. The monoisotopic (exact) mass is 193 g/mol. The molecular weight excluding hydrogens is 182 g/mol. The van der Waals surface area contributed by atoms with Crippen LogP contribution in [0.5, 0.6) is 5.75 Å². The molecule has 2 N–H and O–H groups in total. The summed E-state index contributed by atoms with van der Waals surface area (Å²) in [5, 5.41) is 11.7. The highest BCUT2D eigenvalue weighted by molar-refractivity contribution is 5.69. The van der Waals surface area contributed by atoms with Gasteiger partial charge in [0.2, 0.25) is 0 Å². The maximum atomic E-state index is 10.5. The number of benzene rings is 1. The first-order valence-electron chi connectivity index (χ1n) is 4.46. The van der Waals surface area contributed by atoms with Crippen molar-refractivity contribution in [2.24, 2.45) is 0 Å². The van der Waals surface area contributed by atoms with Crippen LogP contribution in [0.3, 0.4) is 0 Å². The van der Waals surface area contributed by atoms with Crippen molar-refractivity contribution in [2.75, 3.05) is 11.9 Å². The summed E-state index contributed by atoms with van der Waals surface area (Å²) < 4.78 is 5.41. The van der Waals surface area contributed by atoms with Crippen LogP contribution in [0.1, 0.15) is 6.42 Å². The fourth-order valence-electron chi connectivity index (χ4n) is 1.48. The second-order valence-electron chi connectivity index (χ2n) is 3.25. The van der Waals surface area contributed by atoms with Crippen LogP contribution < -0.4 is 10.1 Å². The molecule has 0 saturated heterocycles. The van der Waals surface area contributed by atoms with Crippen molar-refractivity contribution in [2.45, 2.75) is 12.5 Å². The van der Waals surface area contributed by atoms with E-state index in [1.54, 1.807) is 0 Å². The number of ether oxygens (including phenoxy) is 1. The summed E-state index contributed by atoms with van der Waals surface area (Å²) in [7, 11) is 0. The van der Waals surface area contributed by atoms with E-state index in [0.717, 1.165) is 11.4 Å². The number of rotatable bonds is 2. The van der Waals surface area contributed by atoms with E-state index in [1.807, 2.05) is 24.3 Å². The molecule has 0 amide bonds. The molecule has 0 aliphatic carbocycles. The molecule has 0 radical (unpaired) electrons. The van der Waals surface area contributed by atoms with E-state index in [4.69, 9.17) is 9.84 Å². The van der Waals surface area contributed by atoms with Crippen molar-refractivity contribution in [3.05, 3.63) is 24.3 Å². The predicted molar refractivity (Wildman–Crippen MR) is 51.6 cm³/mol. The fourth-order valence-corrected chi connectivity index (χ4v) is 1.48. The first kappa shape index (κ1) is 8.87. The van der Waals surface area contributed by atoms with Gasteiger partial charge in [0.25, 0.3) is 0 Å². The second-order valence-corrected chi connectivity index (χ2v) is 3.25. The minimum atomic E-state index is -0.814. The van der Waals surface area contributed by atoms with Gasteiger partial charge in [-0.05, 0) is 12.1 Å². The third-order valence-electron chi connectivity index (χ3n) is 2.11. The van der Waals surface area contributed by atoms with Crippen LogP contribution >= 0.6 is 0 Å². The number of anilines is 1. The lowest BCUT2D eigenvalue weighted by Crippen LogP contribution is -2.33. The Bertz CT molecular complexity index is 351. The Morgan fingerprint density at radius 1 is 1.57 bits per heavy atom. The average Bonchev–Trinajstić information content (AvgIpc) is 2.17. The summed E-state index contributed by atoms with van der Waals surface area (Å²) in [5.74, 6) is -0.0281. The summed E-state index contributed by atoms with van der Waals surface area (Å²) in [6.45, 7) is 0.406. The Morgan fingerprint density at radius 3 is 3.14 bits per heavy atom. The van der Waals surface area contributed by atoms with Gasteiger partial charge >= 0.3 is 5.97 Å². The molecule has 2 rings (SSSR count). The standard InChI is InChI=1S/C10H11NO3/c12-10(13)5-7-6-14-9-4-2-1-3-8(9)11-7/h1-4,7,11H,5-6H2,(H,12,13). The van der Waals surface area contributed by atoms with Gasteiger partial charge in [-0.2, -0.15) is 0 Å². The number of nitrogens with one attached hydrogen (secondary N) is 1. The largest absolute Gasteiger partial charge is 0.489 e. The Morgan fingerprint density at radius 2 is 2.36 bits per heavy atom. The molecule has 0 saturated carbocycles. The summed E-state index contributed by atoms with van der Waals surface area (Å²) in [6, 6.07) is 7.38. The third kappa shape index (κ3) is 1.79. The highest BCUT2D eigenvalue weighted by Gasteiger charge is 2.20. The summed E-state index contributed by atoms with van der Waals surface area (Å²) in [5.41, 5.74) is 0.866. The third-order valence-corrected chi connectivity index (χ3v) is 2.11. The smallest absolute Gasteiger partial charge is 0.305 e. The van der Waals surface area contributed by atoms with Crippen molar-refractivity contribution in [3.8, 4) is 5.75 Å². The van der Waals surface area contributed by atoms with Crippen LogP contribution in [0, 0.1) is 0 Å². The Kier molecular flexibility index (Phi) is 2.26. The number of hydrogen-bond acceptors (Lipinski definition) is 3. The number of aliphatic carboxylic acids is 1. The van der Waals surface area contributed by atoms with E-state index in [0.29, 0.717) is 6.61 Å². The summed E-state index contributed by atoms with van der Waals surface area (Å²) >= 11 is 0. The van der Waals surface area contributed by atoms with Gasteiger partial charge in [-0.25, -0.2) is 0 Å². The lowest BCUT2D eigenvalue weighted by molar-refractivity contribution is -0.137. The average molecular weight is 193 g/mol. The molecule has 74 valence electrons. The zero-order valence-electron chi connectivity index (χ0n) is 7.56. The Labute approximate surface area is 81.5 Å². The zero-order chi connectivity index (χ0) is 9.97. The second kappa shape index (κ2) is 3.57. The zero-order valence-corrected chi connectivity index (χ0v) is 7.56. The quantitative estimate of drug-likeness (QED) is 0.744. The topological polar surface area (TPSA) is 58.6 Å². The van der Waals surface area contributed by atoms with Gasteiger partial charge in [-0.1, -0.05) is 12.1 Å². The van der Waals surface area contributed by atoms with Crippen LogP contribution in [0.15, 0.2) is 24.3 Å². The molecule has 1 aromatic carbocycles. The van der Waals surface area contributed by atoms with Gasteiger partial charge < -0.3 is 15.2 Å². The molecule has 0 bridgehead atoms. The minimum Gasteiger partial charge on any atom is -0.489 e. The first-order valence-corrected chi connectivity index (χ1v) is 4.46. The van der Waals surface area contributed by atoms with Crippen molar-refractivity contribution >= 4 is 11.7 Å². The van der Waals surface area contributed by atoms with Gasteiger partial charge in [0.05, 0.1) is 18.2 Å². The molecule has 4 nitrogen and oxygen atoms in total. The molecule has 0 aromatic heterocycles. The highest BCUT2D eigenvalue weighted by Crippen LogP contribution is 2.28. The number of carbonyl (C=O) groups is 1. The van der Waals surface area contributed by atoms with Gasteiger partial charge in [0, 0.05) is 0 Å². The molecule has 0 spiro atoms. The van der Waals surface area contributed by atoms with Crippen LogP contribution in [-0.4, -0.2) is 23.7 Å². The molecular formula is C10H11NO3. The van der Waals surface area contributed by atoms with Gasteiger partial charge in [-0.3, -0.25) is 4.79 Å². The van der Waals surface area contributed by atoms with Gasteiger partial charge in [0.1, 0.15) is 12.4 Å². The Hall–Kier alpha value is -1.71.